The van der Waals surface area contributed by atoms with Crippen LogP contribution in [0.2, 0.25) is 0 Å². The molecule has 1 N–H and O–H groups in total. The second-order valence-electron chi connectivity index (χ2n) is 3.72. The van der Waals surface area contributed by atoms with E-state index in [-0.39, 0.29) is 0 Å². The highest BCUT2D eigenvalue weighted by molar-refractivity contribution is 5.66. The lowest BCUT2D eigenvalue weighted by molar-refractivity contribution is -0.138. The van der Waals surface area contributed by atoms with Crippen LogP contribution in [0.5, 0.6) is 0 Å². The molecule has 0 radical (unpaired) electrons. The maximum absolute atomic E-state index is 10.5. The van der Waals surface area contributed by atoms with E-state index in [0.717, 1.165) is 12.8 Å². The van der Waals surface area contributed by atoms with Gasteiger partial charge in [-0.1, -0.05) is 46.0 Å². The van der Waals surface area contributed by atoms with Crippen LogP contribution in [-0.2, 0) is 4.79 Å². The van der Waals surface area contributed by atoms with Crippen molar-refractivity contribution in [3.8, 4) is 0 Å². The highest BCUT2D eigenvalue weighted by atomic mass is 16.4. The molecule has 0 aliphatic heterocycles. The zero-order valence-electron chi connectivity index (χ0n) is 8.88. The van der Waals surface area contributed by atoms with E-state index in [1.54, 1.807) is 0 Å². The third-order valence-electron chi connectivity index (χ3n) is 2.51. The summed E-state index contributed by atoms with van der Waals surface area (Å²) in [6.45, 7) is 4.27. The van der Waals surface area contributed by atoms with Crippen LogP contribution in [0.25, 0.3) is 0 Å². The maximum atomic E-state index is 10.5. The number of hydrogen-bond acceptors (Lipinski definition) is 1. The molecular weight excluding hydrogens is 164 g/mol. The first-order chi connectivity index (χ1) is 6.20. The Balaban J connectivity index is 3.42. The van der Waals surface area contributed by atoms with Crippen molar-refractivity contribution < 1.29 is 9.90 Å². The van der Waals surface area contributed by atoms with Gasteiger partial charge >= 0.3 is 5.97 Å². The van der Waals surface area contributed by atoms with Gasteiger partial charge < -0.3 is 5.11 Å². The normalized spacial score (nSPS) is 12.8. The van der Waals surface area contributed by atoms with Crippen LogP contribution in [0.1, 0.15) is 58.8 Å². The van der Waals surface area contributed by atoms with Gasteiger partial charge in [0, 0.05) is 6.42 Å². The molecule has 13 heavy (non-hydrogen) atoms. The lowest BCUT2D eigenvalue weighted by Crippen LogP contribution is -2.06. The van der Waals surface area contributed by atoms with Crippen molar-refractivity contribution in [3.05, 3.63) is 0 Å². The standard InChI is InChI=1S/C11H22O2/c1-3-5-6-7-8-10(4-2)9-11(12)13/h10H,3-9H2,1-2H3,(H,12,13)/t10-/m1/s1. The molecule has 0 unspecified atom stereocenters. The van der Waals surface area contributed by atoms with E-state index in [9.17, 15) is 4.79 Å². The van der Waals surface area contributed by atoms with Gasteiger partial charge in [0.15, 0.2) is 0 Å². The van der Waals surface area contributed by atoms with Crippen LogP contribution < -0.4 is 0 Å². The predicted octanol–water partition coefficient (Wildman–Crippen LogP) is 3.46. The molecule has 0 amide bonds. The monoisotopic (exact) mass is 186 g/mol. The third-order valence-corrected chi connectivity index (χ3v) is 2.51. The molecule has 0 aromatic rings. The largest absolute Gasteiger partial charge is 0.481 e. The fourth-order valence-corrected chi connectivity index (χ4v) is 1.56. The molecule has 0 rings (SSSR count). The highest BCUT2D eigenvalue weighted by Gasteiger charge is 2.09. The number of carbonyl (C=O) groups is 1. The minimum Gasteiger partial charge on any atom is -0.481 e. The van der Waals surface area contributed by atoms with Crippen LogP contribution in [0.4, 0.5) is 0 Å². The van der Waals surface area contributed by atoms with Gasteiger partial charge in [-0.15, -0.1) is 0 Å². The second-order valence-corrected chi connectivity index (χ2v) is 3.72. The minimum atomic E-state index is -0.651. The van der Waals surface area contributed by atoms with Crippen molar-refractivity contribution in [3.63, 3.8) is 0 Å². The summed E-state index contributed by atoms with van der Waals surface area (Å²) >= 11 is 0. The molecular formula is C11H22O2. The zero-order chi connectivity index (χ0) is 10.1. The van der Waals surface area contributed by atoms with Crippen LogP contribution >= 0.6 is 0 Å². The Morgan fingerprint density at radius 2 is 1.92 bits per heavy atom. The van der Waals surface area contributed by atoms with E-state index in [1.165, 1.54) is 25.7 Å². The molecule has 0 aromatic heterocycles. The first kappa shape index (κ1) is 12.5. The number of carboxylic acids is 1. The lowest BCUT2D eigenvalue weighted by atomic mass is 9.95. The summed E-state index contributed by atoms with van der Waals surface area (Å²) in [5, 5.41) is 8.62. The average molecular weight is 186 g/mol. The predicted molar refractivity (Wildman–Crippen MR) is 54.8 cm³/mol. The Bertz CT molecular complexity index is 132. The van der Waals surface area contributed by atoms with Crippen molar-refractivity contribution in [2.45, 2.75) is 58.8 Å². The SMILES string of the molecule is CCCCCC[C@@H](CC)CC(=O)O. The molecule has 0 aromatic carbocycles. The van der Waals surface area contributed by atoms with Gasteiger partial charge in [0.2, 0.25) is 0 Å². The smallest absolute Gasteiger partial charge is 0.303 e. The molecule has 0 fully saturated rings. The summed E-state index contributed by atoms with van der Waals surface area (Å²) in [4.78, 5) is 10.5. The molecule has 0 saturated heterocycles. The van der Waals surface area contributed by atoms with Crippen LogP contribution in [-0.4, -0.2) is 11.1 Å². The Morgan fingerprint density at radius 3 is 2.38 bits per heavy atom. The molecule has 0 spiro atoms. The summed E-state index contributed by atoms with van der Waals surface area (Å²) in [5.41, 5.74) is 0. The Morgan fingerprint density at radius 1 is 1.23 bits per heavy atom. The van der Waals surface area contributed by atoms with Gasteiger partial charge in [0.05, 0.1) is 0 Å². The van der Waals surface area contributed by atoms with E-state index in [2.05, 4.69) is 13.8 Å². The summed E-state index contributed by atoms with van der Waals surface area (Å²) in [6.07, 6.45) is 7.41. The fraction of sp³-hybridized carbons (Fsp3) is 0.909. The molecule has 0 saturated carbocycles. The first-order valence-corrected chi connectivity index (χ1v) is 5.42. The number of carboxylic acid groups (broad SMARTS) is 1. The molecule has 0 aliphatic rings. The van der Waals surface area contributed by atoms with Gasteiger partial charge in [-0.05, 0) is 12.3 Å². The fourth-order valence-electron chi connectivity index (χ4n) is 1.56. The van der Waals surface area contributed by atoms with E-state index < -0.39 is 5.97 Å². The number of rotatable bonds is 8. The quantitative estimate of drug-likeness (QED) is 0.589. The molecule has 1 atom stereocenters. The molecule has 2 nitrogen and oxygen atoms in total. The van der Waals surface area contributed by atoms with Crippen LogP contribution in [0, 0.1) is 5.92 Å². The Hall–Kier alpha value is -0.530. The van der Waals surface area contributed by atoms with Crippen molar-refractivity contribution in [2.75, 3.05) is 0 Å². The molecule has 0 aliphatic carbocycles. The van der Waals surface area contributed by atoms with Gasteiger partial charge in [0.1, 0.15) is 0 Å². The molecule has 0 heterocycles. The summed E-state index contributed by atoms with van der Waals surface area (Å²) < 4.78 is 0. The van der Waals surface area contributed by atoms with Gasteiger partial charge in [-0.2, -0.15) is 0 Å². The number of aliphatic carboxylic acids is 1. The van der Waals surface area contributed by atoms with Crippen molar-refractivity contribution in [2.24, 2.45) is 5.92 Å². The highest BCUT2D eigenvalue weighted by Crippen LogP contribution is 2.17. The van der Waals surface area contributed by atoms with E-state index in [4.69, 9.17) is 5.11 Å². The van der Waals surface area contributed by atoms with E-state index in [0.29, 0.717) is 12.3 Å². The van der Waals surface area contributed by atoms with E-state index in [1.807, 2.05) is 0 Å². The molecule has 78 valence electrons. The lowest BCUT2D eigenvalue weighted by Gasteiger charge is -2.11. The molecule has 0 bridgehead atoms. The maximum Gasteiger partial charge on any atom is 0.303 e. The van der Waals surface area contributed by atoms with Crippen molar-refractivity contribution in [1.82, 2.24) is 0 Å². The second kappa shape index (κ2) is 8.09. The van der Waals surface area contributed by atoms with Gasteiger partial charge in [-0.25, -0.2) is 0 Å². The minimum absolute atomic E-state index is 0.350. The number of hydrogen-bond donors (Lipinski definition) is 1. The van der Waals surface area contributed by atoms with Crippen molar-refractivity contribution >= 4 is 5.97 Å². The van der Waals surface area contributed by atoms with Crippen molar-refractivity contribution in [1.29, 1.82) is 0 Å². The van der Waals surface area contributed by atoms with Crippen LogP contribution in [0.3, 0.4) is 0 Å². The summed E-state index contributed by atoms with van der Waals surface area (Å²) in [5.74, 6) is -0.253. The third kappa shape index (κ3) is 7.82. The van der Waals surface area contributed by atoms with Crippen LogP contribution in [0.15, 0.2) is 0 Å². The first-order valence-electron chi connectivity index (χ1n) is 5.42. The average Bonchev–Trinajstić information content (AvgIpc) is 2.09. The van der Waals surface area contributed by atoms with Gasteiger partial charge in [0.25, 0.3) is 0 Å². The summed E-state index contributed by atoms with van der Waals surface area (Å²) in [6, 6.07) is 0. The Kier molecular flexibility index (Phi) is 7.76. The zero-order valence-corrected chi connectivity index (χ0v) is 8.88. The molecule has 2 heteroatoms. The van der Waals surface area contributed by atoms with E-state index >= 15 is 0 Å². The number of unbranched alkanes of at least 4 members (excludes halogenated alkanes) is 3. The Labute approximate surface area is 81.3 Å². The summed E-state index contributed by atoms with van der Waals surface area (Å²) in [7, 11) is 0. The topological polar surface area (TPSA) is 37.3 Å². The van der Waals surface area contributed by atoms with Gasteiger partial charge in [-0.3, -0.25) is 4.79 Å².